The van der Waals surface area contributed by atoms with Crippen LogP contribution in [-0.2, 0) is 6.42 Å². The van der Waals surface area contributed by atoms with E-state index in [9.17, 15) is 8.78 Å². The monoisotopic (exact) mass is 424 g/mol. The summed E-state index contributed by atoms with van der Waals surface area (Å²) in [6, 6.07) is 6.06. The number of hydrogen-bond donors (Lipinski definition) is 2. The first-order valence-corrected chi connectivity index (χ1v) is 10.1. The van der Waals surface area contributed by atoms with Gasteiger partial charge in [-0.25, -0.2) is 8.78 Å². The Kier molecular flexibility index (Phi) is 4.70. The van der Waals surface area contributed by atoms with Crippen molar-refractivity contribution in [3.05, 3.63) is 53.2 Å². The highest BCUT2D eigenvalue weighted by molar-refractivity contribution is 5.88. The zero-order chi connectivity index (χ0) is 21.7. The van der Waals surface area contributed by atoms with E-state index in [-0.39, 0.29) is 18.4 Å². The van der Waals surface area contributed by atoms with Crippen LogP contribution in [-0.4, -0.2) is 47.3 Å². The Balaban J connectivity index is 1.63. The van der Waals surface area contributed by atoms with Crippen molar-refractivity contribution in [3.8, 4) is 22.9 Å². The van der Waals surface area contributed by atoms with Crippen LogP contribution in [0.4, 0.5) is 20.3 Å². The summed E-state index contributed by atoms with van der Waals surface area (Å²) in [6.07, 6.45) is 0.911. The molecule has 9 heteroatoms. The van der Waals surface area contributed by atoms with Gasteiger partial charge in [-0.2, -0.15) is 9.97 Å². The number of aromatic nitrogens is 3. The van der Waals surface area contributed by atoms with E-state index in [2.05, 4.69) is 20.3 Å². The summed E-state index contributed by atoms with van der Waals surface area (Å²) in [5.74, 6) is 0.631. The van der Waals surface area contributed by atoms with Crippen molar-refractivity contribution < 1.29 is 13.5 Å². The second-order valence-electron chi connectivity index (χ2n) is 7.88. The lowest BCUT2D eigenvalue weighted by molar-refractivity contribution is 0.333. The number of rotatable bonds is 4. The van der Waals surface area contributed by atoms with Gasteiger partial charge in [0.1, 0.15) is 23.6 Å². The van der Waals surface area contributed by atoms with Crippen LogP contribution in [0.2, 0.25) is 0 Å². The number of nitrogens with one attached hydrogen (secondary N) is 1. The van der Waals surface area contributed by atoms with Crippen molar-refractivity contribution in [2.45, 2.75) is 25.6 Å². The van der Waals surface area contributed by atoms with Crippen LogP contribution >= 0.6 is 0 Å². The van der Waals surface area contributed by atoms with Gasteiger partial charge in [-0.15, -0.1) is 0 Å². The molecule has 31 heavy (non-hydrogen) atoms. The average molecular weight is 424 g/mol. The quantitative estimate of drug-likeness (QED) is 0.520. The van der Waals surface area contributed by atoms with E-state index in [0.717, 1.165) is 11.3 Å². The standard InChI is InChI=1S/C22H22F2N6O/c1-11-3-4-13(8-27-11)31-22-28-19-7-14-15(5-12(23)6-18(14)26-2)20(19)21(29-22)30-9-16(24)17(25)10-30/h3-6,8,16-17,26H,7,9-10,25H2,1-2H3/t16-,17+/m1/s1. The normalized spacial score (nSPS) is 19.3. The van der Waals surface area contributed by atoms with Gasteiger partial charge in [0.2, 0.25) is 0 Å². The summed E-state index contributed by atoms with van der Waals surface area (Å²) >= 11 is 0. The number of nitrogens with zero attached hydrogens (tertiary/aromatic N) is 4. The number of pyridine rings is 1. The van der Waals surface area contributed by atoms with Crippen LogP contribution in [0.25, 0.3) is 11.1 Å². The van der Waals surface area contributed by atoms with Gasteiger partial charge in [-0.05, 0) is 42.3 Å². The summed E-state index contributed by atoms with van der Waals surface area (Å²) in [5, 5.41) is 3.04. The number of ether oxygens (including phenoxy) is 1. The van der Waals surface area contributed by atoms with Crippen LogP contribution in [0, 0.1) is 12.7 Å². The first kappa shape index (κ1) is 19.6. The molecule has 3 N–H and O–H groups in total. The predicted molar refractivity (Wildman–Crippen MR) is 114 cm³/mol. The lowest BCUT2D eigenvalue weighted by atomic mass is 10.0. The molecule has 2 atom stereocenters. The second-order valence-corrected chi connectivity index (χ2v) is 7.88. The van der Waals surface area contributed by atoms with E-state index >= 15 is 0 Å². The Morgan fingerprint density at radius 2 is 2.06 bits per heavy atom. The lowest BCUT2D eigenvalue weighted by Crippen LogP contribution is -2.30. The van der Waals surface area contributed by atoms with E-state index in [4.69, 9.17) is 10.5 Å². The fourth-order valence-corrected chi connectivity index (χ4v) is 4.17. The van der Waals surface area contributed by atoms with Gasteiger partial charge in [0.25, 0.3) is 0 Å². The molecule has 1 aliphatic heterocycles. The first-order chi connectivity index (χ1) is 14.9. The molecule has 2 aromatic heterocycles. The molecule has 2 aliphatic rings. The van der Waals surface area contributed by atoms with E-state index in [0.29, 0.717) is 47.0 Å². The molecule has 0 unspecified atom stereocenters. The van der Waals surface area contributed by atoms with Crippen LogP contribution in [0.3, 0.4) is 0 Å². The minimum atomic E-state index is -1.17. The van der Waals surface area contributed by atoms with Gasteiger partial charge < -0.3 is 20.7 Å². The Hall–Kier alpha value is -3.33. The van der Waals surface area contributed by atoms with E-state index in [1.54, 1.807) is 24.2 Å². The molecule has 0 spiro atoms. The SMILES string of the molecule is CNc1cc(F)cc2c1Cc1nc(Oc3ccc(C)nc3)nc(N3C[C@@H](F)[C@@H](N)C3)c1-2. The van der Waals surface area contributed by atoms with Crippen LogP contribution < -0.4 is 20.7 Å². The molecule has 1 fully saturated rings. The van der Waals surface area contributed by atoms with Crippen molar-refractivity contribution in [2.24, 2.45) is 5.73 Å². The van der Waals surface area contributed by atoms with Gasteiger partial charge in [-0.1, -0.05) is 0 Å². The smallest absolute Gasteiger partial charge is 0.324 e. The Bertz CT molecular complexity index is 1140. The van der Waals surface area contributed by atoms with E-state index in [1.807, 2.05) is 13.0 Å². The fraction of sp³-hybridized carbons (Fsp3) is 0.318. The third-order valence-electron chi connectivity index (χ3n) is 5.73. The number of hydrogen-bond acceptors (Lipinski definition) is 7. The van der Waals surface area contributed by atoms with Gasteiger partial charge in [0.15, 0.2) is 0 Å². The Morgan fingerprint density at radius 3 is 2.74 bits per heavy atom. The summed E-state index contributed by atoms with van der Waals surface area (Å²) in [4.78, 5) is 15.2. The average Bonchev–Trinajstić information content (AvgIpc) is 3.28. The van der Waals surface area contributed by atoms with Gasteiger partial charge in [0.05, 0.1) is 24.5 Å². The maximum absolute atomic E-state index is 14.3. The molecule has 5 rings (SSSR count). The fourth-order valence-electron chi connectivity index (χ4n) is 4.17. The molecule has 160 valence electrons. The van der Waals surface area contributed by atoms with Gasteiger partial charge in [-0.3, -0.25) is 4.98 Å². The lowest BCUT2D eigenvalue weighted by Gasteiger charge is -2.21. The molecular formula is C22H22F2N6O. The van der Waals surface area contributed by atoms with Crippen molar-refractivity contribution in [3.63, 3.8) is 0 Å². The minimum absolute atomic E-state index is 0.111. The topological polar surface area (TPSA) is 89.2 Å². The molecule has 1 saturated heterocycles. The number of fused-ring (bicyclic) bond motifs is 3. The molecule has 0 bridgehead atoms. The molecule has 3 heterocycles. The van der Waals surface area contributed by atoms with Crippen LogP contribution in [0.15, 0.2) is 30.5 Å². The highest BCUT2D eigenvalue weighted by Gasteiger charge is 2.36. The third kappa shape index (κ3) is 3.44. The maximum Gasteiger partial charge on any atom is 0.324 e. The van der Waals surface area contributed by atoms with Gasteiger partial charge in [0, 0.05) is 37.0 Å². The summed E-state index contributed by atoms with van der Waals surface area (Å²) in [6.45, 7) is 2.30. The summed E-state index contributed by atoms with van der Waals surface area (Å²) in [7, 11) is 1.75. The van der Waals surface area contributed by atoms with Crippen molar-refractivity contribution >= 4 is 11.5 Å². The zero-order valence-corrected chi connectivity index (χ0v) is 17.2. The highest BCUT2D eigenvalue weighted by Crippen LogP contribution is 2.46. The second kappa shape index (κ2) is 7.42. The number of anilines is 2. The van der Waals surface area contributed by atoms with Gasteiger partial charge >= 0.3 is 6.01 Å². The van der Waals surface area contributed by atoms with Crippen molar-refractivity contribution in [2.75, 3.05) is 30.4 Å². The molecule has 0 radical (unpaired) electrons. The zero-order valence-electron chi connectivity index (χ0n) is 17.2. The number of alkyl halides is 1. The minimum Gasteiger partial charge on any atom is -0.423 e. The predicted octanol–water partition coefficient (Wildman–Crippen LogP) is 3.21. The number of benzene rings is 1. The maximum atomic E-state index is 14.3. The largest absolute Gasteiger partial charge is 0.423 e. The van der Waals surface area contributed by atoms with E-state index in [1.165, 1.54) is 12.1 Å². The molecule has 1 aliphatic carbocycles. The number of aryl methyl sites for hydroxylation is 1. The number of halogens is 2. The Labute approximate surface area is 178 Å². The molecular weight excluding hydrogens is 402 g/mol. The molecule has 3 aromatic rings. The highest BCUT2D eigenvalue weighted by atomic mass is 19.1. The molecule has 0 saturated carbocycles. The summed E-state index contributed by atoms with van der Waals surface area (Å²) < 4.78 is 34.4. The molecule has 7 nitrogen and oxygen atoms in total. The summed E-state index contributed by atoms with van der Waals surface area (Å²) in [5.41, 5.74) is 10.5. The first-order valence-electron chi connectivity index (χ1n) is 10.1. The van der Waals surface area contributed by atoms with Crippen molar-refractivity contribution in [1.82, 2.24) is 15.0 Å². The van der Waals surface area contributed by atoms with Crippen molar-refractivity contribution in [1.29, 1.82) is 0 Å². The number of nitrogens with two attached hydrogens (primary N) is 1. The van der Waals surface area contributed by atoms with Crippen LogP contribution in [0.1, 0.15) is 17.0 Å². The third-order valence-corrected chi connectivity index (χ3v) is 5.73. The van der Waals surface area contributed by atoms with E-state index < -0.39 is 12.2 Å². The molecule has 1 aromatic carbocycles. The van der Waals surface area contributed by atoms with Crippen LogP contribution in [0.5, 0.6) is 11.8 Å². The Morgan fingerprint density at radius 1 is 1.23 bits per heavy atom. The molecule has 0 amide bonds.